The van der Waals surface area contributed by atoms with Crippen LogP contribution in [0.4, 0.5) is 10.5 Å². The molecule has 0 aliphatic heterocycles. The summed E-state index contributed by atoms with van der Waals surface area (Å²) in [7, 11) is 3.44. The van der Waals surface area contributed by atoms with Gasteiger partial charge in [-0.05, 0) is 63.3 Å². The number of urea groups is 1. The predicted octanol–water partition coefficient (Wildman–Crippen LogP) is 3.71. The molecule has 2 rings (SSSR count). The number of rotatable bonds is 4. The predicted molar refractivity (Wildman–Crippen MR) is 97.4 cm³/mol. The Morgan fingerprint density at radius 1 is 1.21 bits per heavy atom. The Morgan fingerprint density at radius 3 is 2.54 bits per heavy atom. The molecule has 0 fully saturated rings. The second-order valence-corrected chi connectivity index (χ2v) is 6.57. The average Bonchev–Trinajstić information content (AvgIpc) is 2.56. The van der Waals surface area contributed by atoms with E-state index in [1.165, 1.54) is 23.3 Å². The normalized spacial score (nSPS) is 15.2. The molecule has 1 aromatic carbocycles. The zero-order chi connectivity index (χ0) is 17.7. The van der Waals surface area contributed by atoms with Gasteiger partial charge >= 0.3 is 6.03 Å². The molecule has 3 amide bonds. The van der Waals surface area contributed by atoms with Gasteiger partial charge in [-0.2, -0.15) is 0 Å². The first-order valence-electron chi connectivity index (χ1n) is 8.47. The highest BCUT2D eigenvalue weighted by Gasteiger charge is 2.15. The Bertz CT molecular complexity index is 650. The maximum absolute atomic E-state index is 12.2. The van der Waals surface area contributed by atoms with Gasteiger partial charge in [0.05, 0.1) is 0 Å². The summed E-state index contributed by atoms with van der Waals surface area (Å²) in [4.78, 5) is 25.7. The quantitative estimate of drug-likeness (QED) is 0.827. The molecule has 2 N–H and O–H groups in total. The van der Waals surface area contributed by atoms with E-state index in [9.17, 15) is 9.59 Å². The van der Waals surface area contributed by atoms with E-state index in [0.717, 1.165) is 18.4 Å². The maximum Gasteiger partial charge on any atom is 0.319 e. The minimum Gasteiger partial charge on any atom is -0.345 e. The molecule has 0 spiro atoms. The number of aryl methyl sites for hydroxylation is 1. The highest BCUT2D eigenvalue weighted by Crippen LogP contribution is 2.21. The molecule has 0 bridgehead atoms. The number of carbonyl (C=O) groups is 2. The first kappa shape index (κ1) is 18.0. The first-order valence-corrected chi connectivity index (χ1v) is 8.47. The highest BCUT2D eigenvalue weighted by atomic mass is 16.2. The fraction of sp³-hybridized carbons (Fsp3) is 0.474. The molecule has 1 atom stereocenters. The summed E-state index contributed by atoms with van der Waals surface area (Å²) < 4.78 is 0. The van der Waals surface area contributed by atoms with Crippen LogP contribution in [-0.4, -0.2) is 37.0 Å². The fourth-order valence-electron chi connectivity index (χ4n) is 2.90. The molecule has 24 heavy (non-hydrogen) atoms. The highest BCUT2D eigenvalue weighted by molar-refractivity contribution is 5.96. The van der Waals surface area contributed by atoms with Crippen LogP contribution in [-0.2, 0) is 0 Å². The lowest BCUT2D eigenvalue weighted by Crippen LogP contribution is -2.37. The number of hydrogen-bond acceptors (Lipinski definition) is 2. The van der Waals surface area contributed by atoms with Gasteiger partial charge in [0.25, 0.3) is 5.91 Å². The molecule has 0 heterocycles. The number of amides is 3. The van der Waals surface area contributed by atoms with Crippen LogP contribution >= 0.6 is 0 Å². The summed E-state index contributed by atoms with van der Waals surface area (Å²) in [5, 5.41) is 5.86. The number of benzene rings is 1. The Labute approximate surface area is 144 Å². The third kappa shape index (κ3) is 4.60. The average molecular weight is 329 g/mol. The van der Waals surface area contributed by atoms with Gasteiger partial charge in [-0.1, -0.05) is 11.6 Å². The van der Waals surface area contributed by atoms with Gasteiger partial charge in [-0.3, -0.25) is 4.79 Å². The largest absolute Gasteiger partial charge is 0.345 e. The van der Waals surface area contributed by atoms with E-state index in [4.69, 9.17) is 0 Å². The number of allylic oxidation sites excluding steroid dienone is 1. The zero-order valence-electron chi connectivity index (χ0n) is 15.0. The summed E-state index contributed by atoms with van der Waals surface area (Å²) in [5.74, 6) is -0.0491. The maximum atomic E-state index is 12.2. The van der Waals surface area contributed by atoms with Crippen LogP contribution in [0.1, 0.15) is 48.5 Å². The minimum absolute atomic E-state index is 0.0419. The third-order valence-corrected chi connectivity index (χ3v) is 4.36. The molecule has 0 saturated carbocycles. The Kier molecular flexibility index (Phi) is 6.01. The summed E-state index contributed by atoms with van der Waals surface area (Å²) in [6.45, 7) is 3.90. The van der Waals surface area contributed by atoms with Crippen molar-refractivity contribution in [2.24, 2.45) is 0 Å². The molecule has 0 saturated heterocycles. The molecule has 0 radical (unpaired) electrons. The van der Waals surface area contributed by atoms with Gasteiger partial charge in [0.2, 0.25) is 0 Å². The van der Waals surface area contributed by atoms with Crippen LogP contribution in [0.3, 0.4) is 0 Å². The molecular formula is C19H27N3O2. The van der Waals surface area contributed by atoms with Crippen LogP contribution < -0.4 is 10.6 Å². The molecule has 5 heteroatoms. The molecule has 0 unspecified atom stereocenters. The fourth-order valence-corrected chi connectivity index (χ4v) is 2.90. The summed E-state index contributed by atoms with van der Waals surface area (Å²) in [6, 6.07) is 5.13. The van der Waals surface area contributed by atoms with E-state index < -0.39 is 0 Å². The summed E-state index contributed by atoms with van der Waals surface area (Å²) >= 11 is 0. The van der Waals surface area contributed by atoms with E-state index in [2.05, 4.69) is 16.7 Å². The van der Waals surface area contributed by atoms with Crippen molar-refractivity contribution in [3.63, 3.8) is 0 Å². The Balaban J connectivity index is 1.98. The lowest BCUT2D eigenvalue weighted by atomic mass is 9.95. The SMILES string of the molecule is Cc1cc(C(=O)N(C)C)ccc1NC(=O)N[C@@H](C)C1=CCCCC1. The molecular weight excluding hydrogens is 302 g/mol. The van der Waals surface area contributed by atoms with Gasteiger partial charge < -0.3 is 15.5 Å². The molecule has 1 aliphatic carbocycles. The van der Waals surface area contributed by atoms with Gasteiger partial charge in [0.15, 0.2) is 0 Å². The number of carbonyl (C=O) groups excluding carboxylic acids is 2. The van der Waals surface area contributed by atoms with Crippen LogP contribution in [0.25, 0.3) is 0 Å². The van der Waals surface area contributed by atoms with Crippen molar-refractivity contribution in [3.8, 4) is 0 Å². The third-order valence-electron chi connectivity index (χ3n) is 4.36. The van der Waals surface area contributed by atoms with Crippen molar-refractivity contribution in [2.45, 2.75) is 45.6 Å². The van der Waals surface area contributed by atoms with Gasteiger partial charge in [0, 0.05) is 31.4 Å². The van der Waals surface area contributed by atoms with E-state index in [1.807, 2.05) is 13.8 Å². The van der Waals surface area contributed by atoms with Crippen molar-refractivity contribution in [2.75, 3.05) is 19.4 Å². The zero-order valence-corrected chi connectivity index (χ0v) is 15.0. The Hall–Kier alpha value is -2.30. The standard InChI is InChI=1S/C19H27N3O2/c1-13-12-16(18(23)22(3)4)10-11-17(13)21-19(24)20-14(2)15-8-6-5-7-9-15/h8,10-12,14H,5-7,9H2,1-4H3,(H2,20,21,24)/t14-/m0/s1. The van der Waals surface area contributed by atoms with Crippen LogP contribution in [0.15, 0.2) is 29.8 Å². The van der Waals surface area contributed by atoms with Crippen molar-refractivity contribution in [3.05, 3.63) is 41.0 Å². The molecule has 1 aliphatic rings. The topological polar surface area (TPSA) is 61.4 Å². The smallest absolute Gasteiger partial charge is 0.319 e. The molecule has 1 aromatic rings. The summed E-state index contributed by atoms with van der Waals surface area (Å²) in [5.41, 5.74) is 3.50. The molecule has 5 nitrogen and oxygen atoms in total. The number of nitrogens with zero attached hydrogens (tertiary/aromatic N) is 1. The van der Waals surface area contributed by atoms with Crippen LogP contribution in [0.5, 0.6) is 0 Å². The lowest BCUT2D eigenvalue weighted by Gasteiger charge is -2.21. The molecule has 0 aromatic heterocycles. The van der Waals surface area contributed by atoms with E-state index >= 15 is 0 Å². The van der Waals surface area contributed by atoms with E-state index in [-0.39, 0.29) is 18.0 Å². The Morgan fingerprint density at radius 2 is 1.96 bits per heavy atom. The second kappa shape index (κ2) is 7.99. The number of hydrogen-bond donors (Lipinski definition) is 2. The van der Waals surface area contributed by atoms with Gasteiger partial charge in [-0.15, -0.1) is 0 Å². The summed E-state index contributed by atoms with van der Waals surface area (Å²) in [6.07, 6.45) is 6.83. The van der Waals surface area contributed by atoms with Crippen molar-refractivity contribution in [1.29, 1.82) is 0 Å². The minimum atomic E-state index is -0.219. The van der Waals surface area contributed by atoms with Crippen molar-refractivity contribution >= 4 is 17.6 Å². The first-order chi connectivity index (χ1) is 11.4. The van der Waals surface area contributed by atoms with E-state index in [1.54, 1.807) is 32.3 Å². The van der Waals surface area contributed by atoms with Crippen molar-refractivity contribution in [1.82, 2.24) is 10.2 Å². The van der Waals surface area contributed by atoms with Crippen LogP contribution in [0, 0.1) is 6.92 Å². The number of anilines is 1. The van der Waals surface area contributed by atoms with Gasteiger partial charge in [0.1, 0.15) is 0 Å². The monoisotopic (exact) mass is 329 g/mol. The van der Waals surface area contributed by atoms with Crippen LogP contribution in [0.2, 0.25) is 0 Å². The molecule has 130 valence electrons. The van der Waals surface area contributed by atoms with Crippen molar-refractivity contribution < 1.29 is 9.59 Å². The second-order valence-electron chi connectivity index (χ2n) is 6.57. The number of nitrogens with one attached hydrogen (secondary N) is 2. The van der Waals surface area contributed by atoms with Gasteiger partial charge in [-0.25, -0.2) is 4.79 Å². The lowest BCUT2D eigenvalue weighted by molar-refractivity contribution is 0.0827. The van der Waals surface area contributed by atoms with E-state index in [0.29, 0.717) is 11.3 Å².